The molecule has 1 fully saturated rings. The first-order chi connectivity index (χ1) is 12.1. The number of piperidine rings is 1. The summed E-state index contributed by atoms with van der Waals surface area (Å²) in [5.74, 6) is 1.55. The van der Waals surface area contributed by atoms with E-state index in [9.17, 15) is 4.79 Å². The standard InChI is InChI=1S/C18H21N5OS/c1-12-3-4-16(25-12)14-11-15(21-20-14)18(24)23-8-5-13(6-9-23)17-19-7-10-22(17)2/h3-4,7,10-11,13H,5-6,8-9H2,1-2H3,(H,20,21). The van der Waals surface area contributed by atoms with Crippen LogP contribution in [-0.2, 0) is 7.05 Å². The lowest BCUT2D eigenvalue weighted by Crippen LogP contribution is -2.38. The highest BCUT2D eigenvalue weighted by molar-refractivity contribution is 7.15. The molecule has 0 unspecified atom stereocenters. The van der Waals surface area contributed by atoms with Crippen LogP contribution in [0.15, 0.2) is 30.6 Å². The van der Waals surface area contributed by atoms with Crippen LogP contribution in [0.5, 0.6) is 0 Å². The fourth-order valence-corrected chi connectivity index (χ4v) is 4.24. The number of aryl methyl sites for hydroxylation is 2. The zero-order chi connectivity index (χ0) is 17.4. The average Bonchev–Trinajstić information content (AvgIpc) is 3.35. The van der Waals surface area contributed by atoms with E-state index in [1.165, 1.54) is 4.88 Å². The molecule has 6 nitrogen and oxygen atoms in total. The van der Waals surface area contributed by atoms with Gasteiger partial charge in [0.2, 0.25) is 0 Å². The molecule has 7 heteroatoms. The molecule has 4 heterocycles. The van der Waals surface area contributed by atoms with Crippen molar-refractivity contribution in [1.82, 2.24) is 24.6 Å². The quantitative estimate of drug-likeness (QED) is 0.784. The normalized spacial score (nSPS) is 15.7. The summed E-state index contributed by atoms with van der Waals surface area (Å²) in [4.78, 5) is 21.4. The highest BCUT2D eigenvalue weighted by Crippen LogP contribution is 2.29. The summed E-state index contributed by atoms with van der Waals surface area (Å²) < 4.78 is 2.07. The van der Waals surface area contributed by atoms with Gasteiger partial charge in [0, 0.05) is 43.3 Å². The molecule has 4 rings (SSSR count). The third-order valence-electron chi connectivity index (χ3n) is 4.81. The Kier molecular flexibility index (Phi) is 4.17. The van der Waals surface area contributed by atoms with Gasteiger partial charge >= 0.3 is 0 Å². The predicted molar refractivity (Wildman–Crippen MR) is 97.7 cm³/mol. The van der Waals surface area contributed by atoms with Gasteiger partial charge < -0.3 is 9.47 Å². The van der Waals surface area contributed by atoms with E-state index in [4.69, 9.17) is 0 Å². The number of hydrogen-bond acceptors (Lipinski definition) is 4. The number of carbonyl (C=O) groups is 1. The van der Waals surface area contributed by atoms with Crippen LogP contribution in [0.3, 0.4) is 0 Å². The molecule has 130 valence electrons. The molecular weight excluding hydrogens is 334 g/mol. The van der Waals surface area contributed by atoms with Crippen LogP contribution in [0.2, 0.25) is 0 Å². The second kappa shape index (κ2) is 6.48. The maximum atomic E-state index is 12.7. The molecule has 0 atom stereocenters. The number of amides is 1. The summed E-state index contributed by atoms with van der Waals surface area (Å²) in [6, 6.07) is 5.99. The van der Waals surface area contributed by atoms with Crippen LogP contribution in [0.4, 0.5) is 0 Å². The minimum Gasteiger partial charge on any atom is -0.338 e. The van der Waals surface area contributed by atoms with Crippen molar-refractivity contribution in [3.05, 3.63) is 47.0 Å². The summed E-state index contributed by atoms with van der Waals surface area (Å²) in [6.45, 7) is 3.57. The molecular formula is C18H21N5OS. The van der Waals surface area contributed by atoms with E-state index in [-0.39, 0.29) is 5.91 Å². The SMILES string of the molecule is Cc1ccc(-c2cc(C(=O)N3CCC(c4nccn4C)CC3)n[nH]2)s1. The highest BCUT2D eigenvalue weighted by atomic mass is 32.1. The van der Waals surface area contributed by atoms with Crippen molar-refractivity contribution in [1.29, 1.82) is 0 Å². The van der Waals surface area contributed by atoms with Crippen molar-refractivity contribution in [2.75, 3.05) is 13.1 Å². The van der Waals surface area contributed by atoms with Crippen molar-refractivity contribution >= 4 is 17.2 Å². The lowest BCUT2D eigenvalue weighted by Gasteiger charge is -2.31. The Morgan fingerprint density at radius 2 is 2.12 bits per heavy atom. The second-order valence-corrected chi connectivity index (χ2v) is 7.83. The number of nitrogens with zero attached hydrogens (tertiary/aromatic N) is 4. The van der Waals surface area contributed by atoms with E-state index in [0.29, 0.717) is 11.6 Å². The van der Waals surface area contributed by atoms with Gasteiger partial charge in [0.25, 0.3) is 5.91 Å². The van der Waals surface area contributed by atoms with E-state index >= 15 is 0 Å². The number of H-pyrrole nitrogens is 1. The third kappa shape index (κ3) is 3.11. The highest BCUT2D eigenvalue weighted by Gasteiger charge is 2.27. The molecule has 1 N–H and O–H groups in total. The van der Waals surface area contributed by atoms with E-state index < -0.39 is 0 Å². The van der Waals surface area contributed by atoms with Gasteiger partial charge in [0.1, 0.15) is 5.82 Å². The van der Waals surface area contributed by atoms with Gasteiger partial charge in [-0.3, -0.25) is 9.89 Å². The summed E-state index contributed by atoms with van der Waals surface area (Å²) in [7, 11) is 2.03. The van der Waals surface area contributed by atoms with Crippen LogP contribution in [0, 0.1) is 6.92 Å². The fourth-order valence-electron chi connectivity index (χ4n) is 3.41. The number of nitrogens with one attached hydrogen (secondary N) is 1. The van der Waals surface area contributed by atoms with Gasteiger partial charge in [-0.25, -0.2) is 4.98 Å². The average molecular weight is 355 g/mol. The molecule has 3 aromatic rings. The molecule has 1 amide bonds. The smallest absolute Gasteiger partial charge is 0.274 e. The first kappa shape index (κ1) is 16.1. The number of rotatable bonds is 3. The summed E-state index contributed by atoms with van der Waals surface area (Å²) in [5.41, 5.74) is 1.40. The minimum atomic E-state index is 0.00840. The predicted octanol–water partition coefficient (Wildman–Crippen LogP) is 3.20. The van der Waals surface area contributed by atoms with E-state index in [0.717, 1.165) is 42.3 Å². The van der Waals surface area contributed by atoms with Crippen molar-refractivity contribution in [2.45, 2.75) is 25.7 Å². The number of aromatic amines is 1. The van der Waals surface area contributed by atoms with Crippen molar-refractivity contribution < 1.29 is 4.79 Å². The zero-order valence-electron chi connectivity index (χ0n) is 14.4. The molecule has 0 spiro atoms. The molecule has 3 aromatic heterocycles. The molecule has 1 saturated heterocycles. The first-order valence-corrected chi connectivity index (χ1v) is 9.32. The second-order valence-electron chi connectivity index (χ2n) is 6.54. The number of thiophene rings is 1. The lowest BCUT2D eigenvalue weighted by molar-refractivity contribution is 0.0704. The molecule has 0 saturated carbocycles. The van der Waals surface area contributed by atoms with Crippen molar-refractivity contribution in [3.63, 3.8) is 0 Å². The first-order valence-electron chi connectivity index (χ1n) is 8.50. The molecule has 0 bridgehead atoms. The van der Waals surface area contributed by atoms with Gasteiger partial charge in [0.05, 0.1) is 10.6 Å². The van der Waals surface area contributed by atoms with E-state index in [2.05, 4.69) is 38.8 Å². The monoisotopic (exact) mass is 355 g/mol. The Hall–Kier alpha value is -2.41. The van der Waals surface area contributed by atoms with Gasteiger partial charge in [-0.15, -0.1) is 11.3 Å². The molecule has 1 aliphatic rings. The largest absolute Gasteiger partial charge is 0.338 e. The van der Waals surface area contributed by atoms with Crippen LogP contribution in [0.1, 0.15) is 39.9 Å². The molecule has 0 aromatic carbocycles. The van der Waals surface area contributed by atoms with Crippen molar-refractivity contribution in [3.8, 4) is 10.6 Å². The van der Waals surface area contributed by atoms with Gasteiger partial charge in [-0.05, 0) is 38.0 Å². The van der Waals surface area contributed by atoms with Crippen LogP contribution < -0.4 is 0 Å². The van der Waals surface area contributed by atoms with Crippen molar-refractivity contribution in [2.24, 2.45) is 7.05 Å². The molecule has 0 radical (unpaired) electrons. The maximum Gasteiger partial charge on any atom is 0.274 e. The lowest BCUT2D eigenvalue weighted by atomic mass is 9.95. The Bertz CT molecular complexity index is 885. The Labute approximate surface area is 150 Å². The van der Waals surface area contributed by atoms with E-state index in [1.54, 1.807) is 11.3 Å². The number of aromatic nitrogens is 4. The molecule has 25 heavy (non-hydrogen) atoms. The van der Waals surface area contributed by atoms with Gasteiger partial charge in [-0.2, -0.15) is 5.10 Å². The minimum absolute atomic E-state index is 0.00840. The number of carbonyl (C=O) groups excluding carboxylic acids is 1. The Morgan fingerprint density at radius 1 is 1.32 bits per heavy atom. The van der Waals surface area contributed by atoms with Gasteiger partial charge in [-0.1, -0.05) is 0 Å². The van der Waals surface area contributed by atoms with Crippen LogP contribution in [-0.4, -0.2) is 43.6 Å². The Balaban J connectivity index is 1.42. The number of hydrogen-bond donors (Lipinski definition) is 1. The fraction of sp³-hybridized carbons (Fsp3) is 0.389. The van der Waals surface area contributed by atoms with Crippen LogP contribution >= 0.6 is 11.3 Å². The third-order valence-corrected chi connectivity index (χ3v) is 5.84. The molecule has 0 aliphatic carbocycles. The molecule has 1 aliphatic heterocycles. The Morgan fingerprint density at radius 3 is 2.76 bits per heavy atom. The zero-order valence-corrected chi connectivity index (χ0v) is 15.2. The summed E-state index contributed by atoms with van der Waals surface area (Å²) in [5, 5.41) is 7.23. The maximum absolute atomic E-state index is 12.7. The van der Waals surface area contributed by atoms with E-state index in [1.807, 2.05) is 30.4 Å². The van der Waals surface area contributed by atoms with Crippen LogP contribution in [0.25, 0.3) is 10.6 Å². The van der Waals surface area contributed by atoms with Gasteiger partial charge in [0.15, 0.2) is 5.69 Å². The topological polar surface area (TPSA) is 66.8 Å². The number of likely N-dealkylation sites (tertiary alicyclic amines) is 1. The summed E-state index contributed by atoms with van der Waals surface area (Å²) in [6.07, 6.45) is 5.70. The summed E-state index contributed by atoms with van der Waals surface area (Å²) >= 11 is 1.70. The number of imidazole rings is 1.